The van der Waals surface area contributed by atoms with Crippen LogP contribution in [0.5, 0.6) is 11.5 Å². The molecule has 0 saturated heterocycles. The topological polar surface area (TPSA) is 60.1 Å². The normalized spacial score (nSPS) is 13.9. The number of rotatable bonds is 3. The first-order valence-corrected chi connectivity index (χ1v) is 7.15. The van der Waals surface area contributed by atoms with E-state index in [1.807, 2.05) is 35.2 Å². The Labute approximate surface area is 130 Å². The number of anilines is 1. The van der Waals surface area contributed by atoms with Crippen LogP contribution in [0, 0.1) is 0 Å². The third-order valence-corrected chi connectivity index (χ3v) is 3.78. The Hall–Kier alpha value is -2.69. The highest BCUT2D eigenvalue weighted by Gasteiger charge is 2.21. The van der Waals surface area contributed by atoms with Gasteiger partial charge in [0.2, 0.25) is 5.96 Å². The number of fused-ring (bicyclic) bond motifs is 1. The molecule has 2 N–H and O–H groups in total. The molecule has 22 heavy (non-hydrogen) atoms. The highest BCUT2D eigenvalue weighted by Crippen LogP contribution is 2.37. The standard InChI is InChI=1S/C17H19N3O2/c1-21-15-9-5-7-13(16(15)22-2)19-17(18)20-11-10-12-6-3-4-8-14(12)20/h3-9H,10-11H2,1-2H3,(H2,18,19). The van der Waals surface area contributed by atoms with Crippen molar-refractivity contribution in [3.8, 4) is 11.5 Å². The maximum atomic E-state index is 6.22. The van der Waals surface area contributed by atoms with Gasteiger partial charge in [-0.3, -0.25) is 0 Å². The molecular formula is C17H19N3O2. The molecule has 1 aliphatic rings. The van der Waals surface area contributed by atoms with Crippen molar-refractivity contribution in [1.82, 2.24) is 0 Å². The van der Waals surface area contributed by atoms with E-state index in [0.29, 0.717) is 23.1 Å². The molecule has 2 aromatic rings. The Balaban J connectivity index is 1.97. The number of hydrogen-bond acceptors (Lipinski definition) is 3. The Morgan fingerprint density at radius 3 is 2.68 bits per heavy atom. The lowest BCUT2D eigenvalue weighted by molar-refractivity contribution is 0.356. The van der Waals surface area contributed by atoms with Crippen molar-refractivity contribution in [3.05, 3.63) is 48.0 Å². The monoisotopic (exact) mass is 297 g/mol. The van der Waals surface area contributed by atoms with Crippen molar-refractivity contribution in [2.75, 3.05) is 25.7 Å². The smallest absolute Gasteiger partial charge is 0.201 e. The van der Waals surface area contributed by atoms with Crippen LogP contribution in [-0.2, 0) is 6.42 Å². The summed E-state index contributed by atoms with van der Waals surface area (Å²) in [5, 5.41) is 0. The van der Waals surface area contributed by atoms with Crippen LogP contribution in [0.2, 0.25) is 0 Å². The van der Waals surface area contributed by atoms with E-state index in [4.69, 9.17) is 15.2 Å². The van der Waals surface area contributed by atoms with Gasteiger partial charge in [-0.2, -0.15) is 0 Å². The van der Waals surface area contributed by atoms with Crippen LogP contribution >= 0.6 is 0 Å². The van der Waals surface area contributed by atoms with Gasteiger partial charge in [-0.1, -0.05) is 24.3 Å². The largest absolute Gasteiger partial charge is 0.493 e. The SMILES string of the molecule is COc1cccc(N=C(N)N2CCc3ccccc32)c1OC. The summed E-state index contributed by atoms with van der Waals surface area (Å²) in [5.74, 6) is 1.68. The minimum atomic E-state index is 0.455. The summed E-state index contributed by atoms with van der Waals surface area (Å²) in [6.07, 6.45) is 0.974. The minimum absolute atomic E-state index is 0.455. The van der Waals surface area contributed by atoms with Crippen LogP contribution in [0.15, 0.2) is 47.5 Å². The van der Waals surface area contributed by atoms with Crippen molar-refractivity contribution < 1.29 is 9.47 Å². The fraction of sp³-hybridized carbons (Fsp3) is 0.235. The van der Waals surface area contributed by atoms with E-state index in [-0.39, 0.29) is 0 Å². The van der Waals surface area contributed by atoms with Gasteiger partial charge in [0.1, 0.15) is 5.69 Å². The van der Waals surface area contributed by atoms with Crippen LogP contribution < -0.4 is 20.1 Å². The molecule has 0 aliphatic carbocycles. The summed E-state index contributed by atoms with van der Waals surface area (Å²) in [6, 6.07) is 13.8. The summed E-state index contributed by atoms with van der Waals surface area (Å²) in [7, 11) is 3.20. The van der Waals surface area contributed by atoms with Crippen molar-refractivity contribution in [2.24, 2.45) is 10.7 Å². The first-order chi connectivity index (χ1) is 10.7. The van der Waals surface area contributed by atoms with Crippen molar-refractivity contribution in [1.29, 1.82) is 0 Å². The molecule has 0 atom stereocenters. The van der Waals surface area contributed by atoms with Gasteiger partial charge in [0.25, 0.3) is 0 Å². The number of hydrogen-bond donors (Lipinski definition) is 1. The van der Waals surface area contributed by atoms with Crippen LogP contribution in [0.25, 0.3) is 0 Å². The van der Waals surface area contributed by atoms with Crippen LogP contribution in [0.1, 0.15) is 5.56 Å². The van der Waals surface area contributed by atoms with Crippen molar-refractivity contribution >= 4 is 17.3 Å². The number of nitrogens with two attached hydrogens (primary N) is 1. The van der Waals surface area contributed by atoms with Crippen LogP contribution in [-0.4, -0.2) is 26.7 Å². The van der Waals surface area contributed by atoms with Gasteiger partial charge in [0, 0.05) is 12.2 Å². The first kappa shape index (κ1) is 14.3. The molecule has 1 heterocycles. The highest BCUT2D eigenvalue weighted by atomic mass is 16.5. The van der Waals surface area contributed by atoms with Crippen molar-refractivity contribution in [2.45, 2.75) is 6.42 Å². The molecule has 2 aromatic carbocycles. The molecular weight excluding hydrogens is 278 g/mol. The zero-order chi connectivity index (χ0) is 15.5. The first-order valence-electron chi connectivity index (χ1n) is 7.15. The number of guanidine groups is 1. The third kappa shape index (κ3) is 2.45. The fourth-order valence-electron chi connectivity index (χ4n) is 2.72. The minimum Gasteiger partial charge on any atom is -0.493 e. The second kappa shape index (κ2) is 5.97. The fourth-order valence-corrected chi connectivity index (χ4v) is 2.72. The lowest BCUT2D eigenvalue weighted by atomic mass is 10.2. The number of para-hydroxylation sites is 2. The van der Waals surface area contributed by atoms with E-state index >= 15 is 0 Å². The molecule has 0 bridgehead atoms. The molecule has 0 amide bonds. The zero-order valence-electron chi connectivity index (χ0n) is 12.7. The summed E-state index contributed by atoms with van der Waals surface area (Å²) in [5.41, 5.74) is 9.28. The van der Waals surface area contributed by atoms with Gasteiger partial charge < -0.3 is 20.1 Å². The van der Waals surface area contributed by atoms with Gasteiger partial charge in [-0.05, 0) is 30.2 Å². The molecule has 5 heteroatoms. The lowest BCUT2D eigenvalue weighted by Gasteiger charge is -2.18. The Kier molecular flexibility index (Phi) is 3.87. The molecule has 1 aliphatic heterocycles. The van der Waals surface area contributed by atoms with Gasteiger partial charge in [0.05, 0.1) is 14.2 Å². The Bertz CT molecular complexity index is 713. The van der Waals surface area contributed by atoms with E-state index in [9.17, 15) is 0 Å². The van der Waals surface area contributed by atoms with E-state index in [2.05, 4.69) is 17.1 Å². The van der Waals surface area contributed by atoms with E-state index < -0.39 is 0 Å². The summed E-state index contributed by atoms with van der Waals surface area (Å²) >= 11 is 0. The third-order valence-electron chi connectivity index (χ3n) is 3.78. The predicted molar refractivity (Wildman–Crippen MR) is 88.3 cm³/mol. The van der Waals surface area contributed by atoms with E-state index in [0.717, 1.165) is 18.7 Å². The Morgan fingerprint density at radius 1 is 1.09 bits per heavy atom. The van der Waals surface area contributed by atoms with E-state index in [1.54, 1.807) is 14.2 Å². The van der Waals surface area contributed by atoms with Gasteiger partial charge >= 0.3 is 0 Å². The molecule has 0 fully saturated rings. The quantitative estimate of drug-likeness (QED) is 0.699. The highest BCUT2D eigenvalue weighted by molar-refractivity contribution is 5.98. The van der Waals surface area contributed by atoms with Crippen LogP contribution in [0.4, 0.5) is 11.4 Å². The maximum absolute atomic E-state index is 6.22. The maximum Gasteiger partial charge on any atom is 0.201 e. The second-order valence-corrected chi connectivity index (χ2v) is 5.01. The number of methoxy groups -OCH3 is 2. The Morgan fingerprint density at radius 2 is 1.91 bits per heavy atom. The number of nitrogens with zero attached hydrogens (tertiary/aromatic N) is 2. The molecule has 0 aromatic heterocycles. The molecule has 114 valence electrons. The number of ether oxygens (including phenoxy) is 2. The zero-order valence-corrected chi connectivity index (χ0v) is 12.7. The lowest BCUT2D eigenvalue weighted by Crippen LogP contribution is -2.35. The molecule has 0 saturated carbocycles. The van der Waals surface area contributed by atoms with Gasteiger partial charge in [-0.15, -0.1) is 0 Å². The summed E-state index contributed by atoms with van der Waals surface area (Å²) in [6.45, 7) is 0.834. The van der Waals surface area contributed by atoms with Crippen molar-refractivity contribution in [3.63, 3.8) is 0 Å². The average Bonchev–Trinajstić information content (AvgIpc) is 2.98. The summed E-state index contributed by atoms with van der Waals surface area (Å²) in [4.78, 5) is 6.56. The van der Waals surface area contributed by atoms with Gasteiger partial charge in [0.15, 0.2) is 11.5 Å². The average molecular weight is 297 g/mol. The van der Waals surface area contributed by atoms with Crippen LogP contribution in [0.3, 0.4) is 0 Å². The molecule has 0 spiro atoms. The molecule has 3 rings (SSSR count). The predicted octanol–water partition coefficient (Wildman–Crippen LogP) is 2.71. The second-order valence-electron chi connectivity index (χ2n) is 5.01. The molecule has 5 nitrogen and oxygen atoms in total. The number of aliphatic imine (C=N–C) groups is 1. The van der Waals surface area contributed by atoms with Gasteiger partial charge in [-0.25, -0.2) is 4.99 Å². The number of benzene rings is 2. The summed E-state index contributed by atoms with van der Waals surface area (Å²) < 4.78 is 10.7. The van der Waals surface area contributed by atoms with E-state index in [1.165, 1.54) is 5.56 Å². The molecule has 0 radical (unpaired) electrons. The molecule has 0 unspecified atom stereocenters.